The number of nitrogens with two attached hydrogens (primary N) is 2. The van der Waals surface area contributed by atoms with Crippen molar-refractivity contribution in [2.45, 2.75) is 6.92 Å². The van der Waals surface area contributed by atoms with Crippen LogP contribution in [-0.2, 0) is 0 Å². The Morgan fingerprint density at radius 1 is 0.773 bits per heavy atom. The van der Waals surface area contributed by atoms with Crippen LogP contribution in [0.2, 0.25) is 0 Å². The minimum Gasteiger partial charge on any atom is -0.399 e. The van der Waals surface area contributed by atoms with Gasteiger partial charge in [0.2, 0.25) is 0 Å². The first-order valence-electron chi connectivity index (χ1n) is 7.29. The van der Waals surface area contributed by atoms with Gasteiger partial charge >= 0.3 is 0 Å². The summed E-state index contributed by atoms with van der Waals surface area (Å²) in [6.45, 7) is 2.09. The molecule has 0 saturated carbocycles. The van der Waals surface area contributed by atoms with Crippen molar-refractivity contribution >= 4 is 33.2 Å². The molecule has 108 valence electrons. The molecule has 5 N–H and O–H groups in total. The zero-order valence-electron chi connectivity index (χ0n) is 12.4. The number of aromatic amines is 1. The number of aromatic nitrogens is 1. The molecule has 0 radical (unpaired) electrons. The van der Waals surface area contributed by atoms with Crippen molar-refractivity contribution in [2.75, 3.05) is 11.5 Å². The molecule has 4 rings (SSSR count). The number of nitrogens with one attached hydrogen (secondary N) is 1. The van der Waals surface area contributed by atoms with Crippen molar-refractivity contribution in [3.8, 4) is 11.1 Å². The predicted molar refractivity (Wildman–Crippen MR) is 94.8 cm³/mol. The van der Waals surface area contributed by atoms with E-state index in [2.05, 4.69) is 36.2 Å². The minimum atomic E-state index is 0.756. The van der Waals surface area contributed by atoms with E-state index in [1.54, 1.807) is 0 Å². The lowest BCUT2D eigenvalue weighted by Crippen LogP contribution is -1.88. The van der Waals surface area contributed by atoms with E-state index in [-0.39, 0.29) is 0 Å². The molecule has 0 fully saturated rings. The van der Waals surface area contributed by atoms with Crippen LogP contribution in [0, 0.1) is 6.92 Å². The molecule has 3 nitrogen and oxygen atoms in total. The summed E-state index contributed by atoms with van der Waals surface area (Å²) in [6, 6.07) is 18.4. The highest BCUT2D eigenvalue weighted by Crippen LogP contribution is 2.36. The predicted octanol–water partition coefficient (Wildman–Crippen LogP) is 4.46. The van der Waals surface area contributed by atoms with E-state index in [1.165, 1.54) is 5.56 Å². The summed E-state index contributed by atoms with van der Waals surface area (Å²) in [5, 5.41) is 2.22. The monoisotopic (exact) mass is 287 g/mol. The summed E-state index contributed by atoms with van der Waals surface area (Å²) in [4.78, 5) is 3.50. The molecular formula is C19H17N3. The Kier molecular flexibility index (Phi) is 2.63. The quantitative estimate of drug-likeness (QED) is 0.452. The van der Waals surface area contributed by atoms with Gasteiger partial charge in [0, 0.05) is 33.2 Å². The number of aryl methyl sites for hydroxylation is 1. The molecule has 0 atom stereocenters. The molecule has 1 heterocycles. The summed E-state index contributed by atoms with van der Waals surface area (Å²) in [5.74, 6) is 0. The van der Waals surface area contributed by atoms with Gasteiger partial charge in [-0.1, -0.05) is 29.8 Å². The van der Waals surface area contributed by atoms with Crippen molar-refractivity contribution in [2.24, 2.45) is 0 Å². The summed E-state index contributed by atoms with van der Waals surface area (Å²) in [6.07, 6.45) is 0. The largest absolute Gasteiger partial charge is 0.399 e. The van der Waals surface area contributed by atoms with E-state index in [9.17, 15) is 0 Å². The average Bonchev–Trinajstić information content (AvgIpc) is 2.85. The molecule has 3 aromatic carbocycles. The highest BCUT2D eigenvalue weighted by molar-refractivity contribution is 6.13. The van der Waals surface area contributed by atoms with Gasteiger partial charge in [0.25, 0.3) is 0 Å². The molecule has 0 unspecified atom stereocenters. The summed E-state index contributed by atoms with van der Waals surface area (Å²) in [7, 11) is 0. The third kappa shape index (κ3) is 1.91. The van der Waals surface area contributed by atoms with Crippen LogP contribution in [0.1, 0.15) is 5.56 Å². The maximum atomic E-state index is 6.14. The second-order valence-electron chi connectivity index (χ2n) is 5.79. The number of rotatable bonds is 1. The highest BCUT2D eigenvalue weighted by atomic mass is 14.7. The van der Waals surface area contributed by atoms with Crippen molar-refractivity contribution in [1.29, 1.82) is 0 Å². The summed E-state index contributed by atoms with van der Waals surface area (Å²) >= 11 is 0. The van der Waals surface area contributed by atoms with Crippen molar-refractivity contribution in [1.82, 2.24) is 4.98 Å². The van der Waals surface area contributed by atoms with Gasteiger partial charge in [0.05, 0.1) is 5.52 Å². The molecular weight excluding hydrogens is 270 g/mol. The fourth-order valence-corrected chi connectivity index (χ4v) is 3.00. The summed E-state index contributed by atoms with van der Waals surface area (Å²) < 4.78 is 0. The maximum Gasteiger partial charge on any atom is 0.0546 e. The second kappa shape index (κ2) is 4.53. The van der Waals surface area contributed by atoms with Crippen LogP contribution < -0.4 is 11.5 Å². The van der Waals surface area contributed by atoms with Crippen LogP contribution in [0.25, 0.3) is 32.9 Å². The van der Waals surface area contributed by atoms with Crippen molar-refractivity contribution in [3.63, 3.8) is 0 Å². The van der Waals surface area contributed by atoms with Gasteiger partial charge < -0.3 is 16.5 Å². The van der Waals surface area contributed by atoms with Gasteiger partial charge in [-0.15, -0.1) is 0 Å². The second-order valence-corrected chi connectivity index (χ2v) is 5.79. The SMILES string of the molecule is Cc1ccc(-c2cc(N)cc3c2[nH]c2ccc(N)cc23)cc1. The molecule has 0 spiro atoms. The minimum absolute atomic E-state index is 0.756. The number of anilines is 2. The molecule has 0 aliphatic carbocycles. The number of fused-ring (bicyclic) bond motifs is 3. The smallest absolute Gasteiger partial charge is 0.0546 e. The zero-order chi connectivity index (χ0) is 15.3. The van der Waals surface area contributed by atoms with E-state index >= 15 is 0 Å². The van der Waals surface area contributed by atoms with E-state index in [1.807, 2.05) is 30.3 Å². The Balaban J connectivity index is 2.10. The van der Waals surface area contributed by atoms with Crippen molar-refractivity contribution < 1.29 is 0 Å². The van der Waals surface area contributed by atoms with Gasteiger partial charge in [-0.2, -0.15) is 0 Å². The first kappa shape index (κ1) is 12.8. The molecule has 0 bridgehead atoms. The number of nitrogen functional groups attached to an aromatic ring is 2. The van der Waals surface area contributed by atoms with Crippen LogP contribution in [0.4, 0.5) is 11.4 Å². The Bertz CT molecular complexity index is 995. The van der Waals surface area contributed by atoms with Gasteiger partial charge in [-0.3, -0.25) is 0 Å². The van der Waals surface area contributed by atoms with Crippen molar-refractivity contribution in [3.05, 3.63) is 60.2 Å². The normalized spacial score (nSPS) is 11.3. The van der Waals surface area contributed by atoms with E-state index in [0.29, 0.717) is 0 Å². The average molecular weight is 287 g/mol. The molecule has 4 aromatic rings. The lowest BCUT2D eigenvalue weighted by atomic mass is 10.00. The number of benzene rings is 3. The number of hydrogen-bond acceptors (Lipinski definition) is 2. The van der Waals surface area contributed by atoms with Crippen LogP contribution in [-0.4, -0.2) is 4.98 Å². The Morgan fingerprint density at radius 2 is 1.50 bits per heavy atom. The molecule has 0 aliphatic rings. The molecule has 0 amide bonds. The summed E-state index contributed by atoms with van der Waals surface area (Å²) in [5.41, 5.74) is 19.3. The maximum absolute atomic E-state index is 6.14. The molecule has 0 aliphatic heterocycles. The molecule has 22 heavy (non-hydrogen) atoms. The van der Waals surface area contributed by atoms with Crippen LogP contribution in [0.15, 0.2) is 54.6 Å². The molecule has 1 aromatic heterocycles. The van der Waals surface area contributed by atoms with Gasteiger partial charge in [0.15, 0.2) is 0 Å². The third-order valence-corrected chi connectivity index (χ3v) is 4.12. The molecule has 3 heteroatoms. The third-order valence-electron chi connectivity index (χ3n) is 4.12. The fourth-order valence-electron chi connectivity index (χ4n) is 3.00. The van der Waals surface area contributed by atoms with Gasteiger partial charge in [-0.25, -0.2) is 0 Å². The number of hydrogen-bond donors (Lipinski definition) is 3. The van der Waals surface area contributed by atoms with Gasteiger partial charge in [0.1, 0.15) is 0 Å². The lowest BCUT2D eigenvalue weighted by molar-refractivity contribution is 1.47. The molecule has 0 saturated heterocycles. The Morgan fingerprint density at radius 3 is 2.27 bits per heavy atom. The Hall–Kier alpha value is -2.94. The standard InChI is InChI=1S/C19H17N3/c1-11-2-4-12(5-3-11)15-9-14(21)10-17-16-8-13(20)6-7-18(16)22-19(15)17/h2-10,22H,20-21H2,1H3. The first-order chi connectivity index (χ1) is 10.6. The van der Waals surface area contributed by atoms with E-state index in [0.717, 1.165) is 44.3 Å². The lowest BCUT2D eigenvalue weighted by Gasteiger charge is -2.06. The fraction of sp³-hybridized carbons (Fsp3) is 0.0526. The zero-order valence-corrected chi connectivity index (χ0v) is 12.4. The number of H-pyrrole nitrogens is 1. The van der Waals surface area contributed by atoms with Crippen LogP contribution in [0.5, 0.6) is 0 Å². The van der Waals surface area contributed by atoms with Gasteiger partial charge in [-0.05, 0) is 42.8 Å². The first-order valence-corrected chi connectivity index (χ1v) is 7.29. The Labute approximate surface area is 128 Å². The van der Waals surface area contributed by atoms with Crippen LogP contribution in [0.3, 0.4) is 0 Å². The van der Waals surface area contributed by atoms with E-state index < -0.39 is 0 Å². The van der Waals surface area contributed by atoms with Crippen LogP contribution >= 0.6 is 0 Å². The highest BCUT2D eigenvalue weighted by Gasteiger charge is 2.11. The topological polar surface area (TPSA) is 67.8 Å². The van der Waals surface area contributed by atoms with E-state index in [4.69, 9.17) is 11.5 Å².